The van der Waals surface area contributed by atoms with Gasteiger partial charge in [-0.15, -0.1) is 0 Å². The van der Waals surface area contributed by atoms with E-state index in [1.807, 2.05) is 32.0 Å². The maximum atomic E-state index is 11.9. The Labute approximate surface area is 112 Å². The molecule has 0 radical (unpaired) electrons. The van der Waals surface area contributed by atoms with Gasteiger partial charge in [0.15, 0.2) is 5.82 Å². The van der Waals surface area contributed by atoms with Gasteiger partial charge < -0.3 is 4.74 Å². The first-order valence-electron chi connectivity index (χ1n) is 6.03. The summed E-state index contributed by atoms with van der Waals surface area (Å²) < 4.78 is 31.5. The van der Waals surface area contributed by atoms with E-state index in [1.54, 1.807) is 6.07 Å². The van der Waals surface area contributed by atoms with E-state index in [4.69, 9.17) is 4.74 Å². The van der Waals surface area contributed by atoms with E-state index in [0.29, 0.717) is 5.82 Å². The van der Waals surface area contributed by atoms with Crippen LogP contribution in [0.25, 0.3) is 10.9 Å². The van der Waals surface area contributed by atoms with E-state index < -0.39 is 10.0 Å². The van der Waals surface area contributed by atoms with E-state index in [-0.39, 0.29) is 18.5 Å². The molecular weight excluding hydrogens is 266 g/mol. The molecule has 2 rings (SSSR count). The van der Waals surface area contributed by atoms with Crippen LogP contribution < -0.4 is 4.72 Å². The van der Waals surface area contributed by atoms with E-state index in [9.17, 15) is 8.42 Å². The Morgan fingerprint density at radius 3 is 2.84 bits per heavy atom. The summed E-state index contributed by atoms with van der Waals surface area (Å²) in [5, 5.41) is 7.49. The minimum absolute atomic E-state index is 0.0152. The number of hydrogen-bond acceptors (Lipinski definition) is 4. The summed E-state index contributed by atoms with van der Waals surface area (Å²) in [6.45, 7) is 3.89. The van der Waals surface area contributed by atoms with Gasteiger partial charge in [0.05, 0.1) is 24.0 Å². The normalized spacial score (nSPS) is 12.2. The van der Waals surface area contributed by atoms with Crippen LogP contribution in [0.1, 0.15) is 13.8 Å². The first-order valence-corrected chi connectivity index (χ1v) is 7.68. The zero-order valence-electron chi connectivity index (χ0n) is 10.9. The smallest absolute Gasteiger partial charge is 0.236 e. The van der Waals surface area contributed by atoms with Crippen LogP contribution in [-0.2, 0) is 14.8 Å². The van der Waals surface area contributed by atoms with Crippen LogP contribution in [0.2, 0.25) is 0 Å². The quantitative estimate of drug-likeness (QED) is 0.845. The number of sulfonamides is 1. The molecule has 1 heterocycles. The minimum atomic E-state index is -3.45. The average Bonchev–Trinajstić information content (AvgIpc) is 2.71. The number of aromatic amines is 1. The molecule has 0 atom stereocenters. The van der Waals surface area contributed by atoms with Crippen molar-refractivity contribution in [2.75, 3.05) is 17.1 Å². The third-order valence-corrected chi connectivity index (χ3v) is 3.73. The van der Waals surface area contributed by atoms with Gasteiger partial charge in [0.2, 0.25) is 10.0 Å². The maximum absolute atomic E-state index is 11.9. The number of aromatic nitrogens is 2. The summed E-state index contributed by atoms with van der Waals surface area (Å²) in [7, 11) is -3.45. The lowest BCUT2D eigenvalue weighted by atomic mass is 10.2. The van der Waals surface area contributed by atoms with E-state index >= 15 is 0 Å². The summed E-state index contributed by atoms with van der Waals surface area (Å²) in [6.07, 6.45) is 0.0152. The molecular formula is C12H17N3O3S. The molecule has 0 saturated carbocycles. The highest BCUT2D eigenvalue weighted by atomic mass is 32.2. The highest BCUT2D eigenvalue weighted by molar-refractivity contribution is 7.92. The Kier molecular flexibility index (Phi) is 4.06. The summed E-state index contributed by atoms with van der Waals surface area (Å²) in [6, 6.07) is 7.33. The zero-order chi connectivity index (χ0) is 13.9. The summed E-state index contributed by atoms with van der Waals surface area (Å²) in [5.74, 6) is 0.229. The number of ether oxygens (including phenoxy) is 1. The number of hydrogen-bond donors (Lipinski definition) is 2. The highest BCUT2D eigenvalue weighted by Crippen LogP contribution is 2.20. The van der Waals surface area contributed by atoms with Gasteiger partial charge in [-0.1, -0.05) is 12.1 Å². The number of benzene rings is 1. The maximum Gasteiger partial charge on any atom is 0.236 e. The number of fused-ring (bicyclic) bond motifs is 1. The number of para-hydroxylation sites is 1. The van der Waals surface area contributed by atoms with Crippen LogP contribution in [0.4, 0.5) is 5.82 Å². The molecule has 7 heteroatoms. The van der Waals surface area contributed by atoms with Crippen molar-refractivity contribution in [3.8, 4) is 0 Å². The molecule has 6 nitrogen and oxygen atoms in total. The standard InChI is InChI=1S/C12H17N3O3S/c1-9(2)18-7-8-19(16,17)15-12-10-5-3-4-6-11(10)13-14-12/h3-6,9H,7-8H2,1-2H3,(H2,13,14,15). The molecule has 104 valence electrons. The van der Waals surface area contributed by atoms with Crippen LogP contribution in [0.5, 0.6) is 0 Å². The minimum Gasteiger partial charge on any atom is -0.378 e. The lowest BCUT2D eigenvalue weighted by Gasteiger charge is -2.08. The fourth-order valence-corrected chi connectivity index (χ4v) is 2.50. The van der Waals surface area contributed by atoms with Gasteiger partial charge in [-0.2, -0.15) is 5.10 Å². The summed E-state index contributed by atoms with van der Waals surface area (Å²) in [5.41, 5.74) is 0.790. The van der Waals surface area contributed by atoms with E-state index in [2.05, 4.69) is 14.9 Å². The number of nitrogens with zero attached hydrogens (tertiary/aromatic N) is 1. The van der Waals surface area contributed by atoms with Gasteiger partial charge in [0.1, 0.15) is 0 Å². The Morgan fingerprint density at radius 2 is 2.11 bits per heavy atom. The first-order chi connectivity index (χ1) is 8.98. The predicted molar refractivity (Wildman–Crippen MR) is 74.6 cm³/mol. The molecule has 2 N–H and O–H groups in total. The Balaban J connectivity index is 2.07. The third kappa shape index (κ3) is 3.68. The van der Waals surface area contributed by atoms with Crippen molar-refractivity contribution in [3.05, 3.63) is 24.3 Å². The van der Waals surface area contributed by atoms with Crippen molar-refractivity contribution in [2.45, 2.75) is 20.0 Å². The Morgan fingerprint density at radius 1 is 1.37 bits per heavy atom. The molecule has 0 amide bonds. The fraction of sp³-hybridized carbons (Fsp3) is 0.417. The van der Waals surface area contributed by atoms with Gasteiger partial charge in [-0.05, 0) is 26.0 Å². The van der Waals surface area contributed by atoms with E-state index in [1.165, 1.54) is 0 Å². The largest absolute Gasteiger partial charge is 0.378 e. The molecule has 0 saturated heterocycles. The molecule has 2 aromatic rings. The third-order valence-electron chi connectivity index (χ3n) is 2.53. The fourth-order valence-electron chi connectivity index (χ4n) is 1.63. The van der Waals surface area contributed by atoms with Gasteiger partial charge in [0, 0.05) is 5.39 Å². The van der Waals surface area contributed by atoms with Gasteiger partial charge in [0.25, 0.3) is 0 Å². The second kappa shape index (κ2) is 5.58. The van der Waals surface area contributed by atoms with Crippen molar-refractivity contribution in [3.63, 3.8) is 0 Å². The van der Waals surface area contributed by atoms with Gasteiger partial charge in [-0.3, -0.25) is 9.82 Å². The topological polar surface area (TPSA) is 84.1 Å². The Hall–Kier alpha value is -1.60. The molecule has 19 heavy (non-hydrogen) atoms. The summed E-state index contributed by atoms with van der Waals surface area (Å²) in [4.78, 5) is 0. The van der Waals surface area contributed by atoms with Crippen molar-refractivity contribution in [1.29, 1.82) is 0 Å². The number of H-pyrrole nitrogens is 1. The molecule has 1 aromatic carbocycles. The number of anilines is 1. The molecule has 0 bridgehead atoms. The van der Waals surface area contributed by atoms with Crippen LogP contribution in [-0.4, -0.2) is 37.1 Å². The molecule has 0 aliphatic rings. The van der Waals surface area contributed by atoms with E-state index in [0.717, 1.165) is 10.9 Å². The molecule has 0 aliphatic carbocycles. The highest BCUT2D eigenvalue weighted by Gasteiger charge is 2.14. The molecule has 0 unspecified atom stereocenters. The average molecular weight is 283 g/mol. The van der Waals surface area contributed by atoms with Crippen LogP contribution in [0.3, 0.4) is 0 Å². The van der Waals surface area contributed by atoms with Crippen LogP contribution in [0, 0.1) is 0 Å². The first kappa shape index (κ1) is 13.8. The van der Waals surface area contributed by atoms with Crippen molar-refractivity contribution in [1.82, 2.24) is 10.2 Å². The second-order valence-electron chi connectivity index (χ2n) is 4.46. The number of nitrogens with one attached hydrogen (secondary N) is 2. The van der Waals surface area contributed by atoms with Gasteiger partial charge >= 0.3 is 0 Å². The predicted octanol–water partition coefficient (Wildman–Crippen LogP) is 1.73. The lowest BCUT2D eigenvalue weighted by Crippen LogP contribution is -2.21. The molecule has 1 aromatic heterocycles. The van der Waals surface area contributed by atoms with Crippen LogP contribution in [0.15, 0.2) is 24.3 Å². The number of rotatable bonds is 6. The molecule has 0 fully saturated rings. The van der Waals surface area contributed by atoms with Crippen molar-refractivity contribution < 1.29 is 13.2 Å². The second-order valence-corrected chi connectivity index (χ2v) is 6.30. The lowest BCUT2D eigenvalue weighted by molar-refractivity contribution is 0.0913. The SMILES string of the molecule is CC(C)OCCS(=O)(=O)Nc1n[nH]c2ccccc12. The van der Waals surface area contributed by atoms with Crippen molar-refractivity contribution in [2.24, 2.45) is 0 Å². The van der Waals surface area contributed by atoms with Gasteiger partial charge in [-0.25, -0.2) is 8.42 Å². The zero-order valence-corrected chi connectivity index (χ0v) is 11.7. The van der Waals surface area contributed by atoms with Crippen LogP contribution >= 0.6 is 0 Å². The van der Waals surface area contributed by atoms with Crippen molar-refractivity contribution >= 4 is 26.7 Å². The summed E-state index contributed by atoms with van der Waals surface area (Å²) >= 11 is 0. The molecule has 0 spiro atoms. The monoisotopic (exact) mass is 283 g/mol. The Bertz CT molecular complexity index is 649. The molecule has 0 aliphatic heterocycles.